The fourth-order valence-corrected chi connectivity index (χ4v) is 3.50. The lowest BCUT2D eigenvalue weighted by Gasteiger charge is -2.14. The molecule has 0 aliphatic heterocycles. The third-order valence-electron chi connectivity index (χ3n) is 4.42. The highest BCUT2D eigenvalue weighted by Gasteiger charge is 2.16. The number of fused-ring (bicyclic) bond motifs is 5. The van der Waals surface area contributed by atoms with Crippen LogP contribution in [0.1, 0.15) is 25.1 Å². The molecule has 4 rings (SSSR count). The zero-order chi connectivity index (χ0) is 15.3. The number of halogens is 1. The molecule has 2 heterocycles. The van der Waals surface area contributed by atoms with E-state index in [1.54, 1.807) is 12.1 Å². The molecule has 0 saturated heterocycles. The van der Waals surface area contributed by atoms with E-state index in [1.165, 1.54) is 11.3 Å². The van der Waals surface area contributed by atoms with Gasteiger partial charge in [-0.25, -0.2) is 9.37 Å². The summed E-state index contributed by atoms with van der Waals surface area (Å²) in [4.78, 5) is 4.76. The number of nitrogens with zero attached hydrogens (tertiary/aromatic N) is 2. The minimum Gasteiger partial charge on any atom is -0.296 e. The van der Waals surface area contributed by atoms with Crippen molar-refractivity contribution < 1.29 is 4.39 Å². The van der Waals surface area contributed by atoms with Gasteiger partial charge in [-0.2, -0.15) is 0 Å². The second-order valence-electron chi connectivity index (χ2n) is 5.58. The van der Waals surface area contributed by atoms with Gasteiger partial charge in [-0.3, -0.25) is 4.40 Å². The van der Waals surface area contributed by atoms with Gasteiger partial charge in [0.25, 0.3) is 0 Å². The van der Waals surface area contributed by atoms with Gasteiger partial charge in [-0.15, -0.1) is 0 Å². The van der Waals surface area contributed by atoms with Crippen LogP contribution in [0, 0.1) is 5.82 Å². The molecule has 3 heteroatoms. The molecule has 0 amide bonds. The number of rotatable bonds is 2. The summed E-state index contributed by atoms with van der Waals surface area (Å²) < 4.78 is 16.0. The lowest BCUT2D eigenvalue weighted by atomic mass is 10.00. The van der Waals surface area contributed by atoms with Gasteiger partial charge >= 0.3 is 0 Å². The van der Waals surface area contributed by atoms with E-state index < -0.39 is 0 Å². The van der Waals surface area contributed by atoms with E-state index in [2.05, 4.69) is 24.3 Å². The second-order valence-corrected chi connectivity index (χ2v) is 5.58. The SMILES string of the molecule is CCc1c(CC)n2c3ccccc3nc2c2cc(F)ccc12. The number of benzene rings is 2. The molecule has 0 bridgehead atoms. The van der Waals surface area contributed by atoms with Gasteiger partial charge in [0, 0.05) is 11.1 Å². The van der Waals surface area contributed by atoms with E-state index in [0.29, 0.717) is 0 Å². The van der Waals surface area contributed by atoms with Crippen molar-refractivity contribution in [3.05, 3.63) is 59.5 Å². The molecule has 2 aromatic heterocycles. The Morgan fingerprint density at radius 1 is 1.00 bits per heavy atom. The summed E-state index contributed by atoms with van der Waals surface area (Å²) in [6.45, 7) is 4.32. The van der Waals surface area contributed by atoms with E-state index in [1.807, 2.05) is 24.3 Å². The molecule has 0 aliphatic rings. The molecule has 0 spiro atoms. The molecule has 0 N–H and O–H groups in total. The third kappa shape index (κ3) is 1.68. The van der Waals surface area contributed by atoms with E-state index in [-0.39, 0.29) is 5.82 Å². The van der Waals surface area contributed by atoms with Crippen LogP contribution in [0.2, 0.25) is 0 Å². The Labute approximate surface area is 128 Å². The minimum absolute atomic E-state index is 0.215. The number of imidazole rings is 1. The van der Waals surface area contributed by atoms with Gasteiger partial charge < -0.3 is 0 Å². The maximum absolute atomic E-state index is 13.8. The number of hydrogen-bond acceptors (Lipinski definition) is 1. The van der Waals surface area contributed by atoms with Gasteiger partial charge in [-0.1, -0.05) is 32.0 Å². The average molecular weight is 292 g/mol. The van der Waals surface area contributed by atoms with Gasteiger partial charge in [0.1, 0.15) is 11.5 Å². The van der Waals surface area contributed by atoms with Crippen molar-refractivity contribution in [1.82, 2.24) is 9.38 Å². The Kier molecular flexibility index (Phi) is 2.89. The van der Waals surface area contributed by atoms with E-state index in [0.717, 1.165) is 40.3 Å². The first kappa shape index (κ1) is 13.3. The predicted molar refractivity (Wildman–Crippen MR) is 88.9 cm³/mol. The van der Waals surface area contributed by atoms with Crippen molar-refractivity contribution in [2.75, 3.05) is 0 Å². The quantitative estimate of drug-likeness (QED) is 0.513. The van der Waals surface area contributed by atoms with E-state index in [4.69, 9.17) is 4.98 Å². The summed E-state index contributed by atoms with van der Waals surface area (Å²) in [5.41, 5.74) is 5.45. The van der Waals surface area contributed by atoms with Crippen LogP contribution in [-0.4, -0.2) is 9.38 Å². The van der Waals surface area contributed by atoms with Crippen LogP contribution in [0.25, 0.3) is 27.5 Å². The van der Waals surface area contributed by atoms with Crippen LogP contribution in [0.5, 0.6) is 0 Å². The fourth-order valence-electron chi connectivity index (χ4n) is 3.50. The average Bonchev–Trinajstić information content (AvgIpc) is 2.93. The topological polar surface area (TPSA) is 17.3 Å². The molecule has 0 atom stereocenters. The highest BCUT2D eigenvalue weighted by molar-refractivity contribution is 6.00. The Bertz CT molecular complexity index is 1010. The Morgan fingerprint density at radius 2 is 1.82 bits per heavy atom. The smallest absolute Gasteiger partial charge is 0.146 e. The molecule has 0 aliphatic carbocycles. The van der Waals surface area contributed by atoms with Crippen LogP contribution >= 0.6 is 0 Å². The lowest BCUT2D eigenvalue weighted by molar-refractivity contribution is 0.629. The standard InChI is InChI=1S/C19H17FN2/c1-3-13-14-10-9-12(20)11-15(14)19-21-16-7-5-6-8-18(16)22(19)17(13)4-2/h5-11H,3-4H2,1-2H3. The molecular formula is C19H17FN2. The maximum atomic E-state index is 13.8. The van der Waals surface area contributed by atoms with Crippen LogP contribution < -0.4 is 0 Å². The van der Waals surface area contributed by atoms with Gasteiger partial charge in [0.05, 0.1) is 11.0 Å². The summed E-state index contributed by atoms with van der Waals surface area (Å²) in [6.07, 6.45) is 1.85. The maximum Gasteiger partial charge on any atom is 0.146 e. The van der Waals surface area contributed by atoms with Crippen molar-refractivity contribution in [3.63, 3.8) is 0 Å². The monoisotopic (exact) mass is 292 g/mol. The largest absolute Gasteiger partial charge is 0.296 e. The molecule has 0 unspecified atom stereocenters. The summed E-state index contributed by atoms with van der Waals surface area (Å²) in [5.74, 6) is -0.215. The Morgan fingerprint density at radius 3 is 2.59 bits per heavy atom. The number of aryl methyl sites for hydroxylation is 2. The van der Waals surface area contributed by atoms with Crippen LogP contribution in [0.4, 0.5) is 4.39 Å². The summed E-state index contributed by atoms with van der Waals surface area (Å²) in [5, 5.41) is 2.01. The molecule has 0 saturated carbocycles. The molecule has 0 fully saturated rings. The first-order chi connectivity index (χ1) is 10.7. The molecule has 110 valence electrons. The van der Waals surface area contributed by atoms with E-state index >= 15 is 0 Å². The number of pyridine rings is 1. The normalized spacial score (nSPS) is 11.8. The van der Waals surface area contributed by atoms with Gasteiger partial charge in [-0.05, 0) is 48.1 Å². The molecule has 2 aromatic carbocycles. The Balaban J connectivity index is 2.36. The van der Waals surface area contributed by atoms with E-state index in [9.17, 15) is 4.39 Å². The minimum atomic E-state index is -0.215. The van der Waals surface area contributed by atoms with Crippen LogP contribution in [-0.2, 0) is 12.8 Å². The van der Waals surface area contributed by atoms with Crippen molar-refractivity contribution in [2.24, 2.45) is 0 Å². The highest BCUT2D eigenvalue weighted by Crippen LogP contribution is 2.31. The van der Waals surface area contributed by atoms with Gasteiger partial charge in [0.2, 0.25) is 0 Å². The van der Waals surface area contributed by atoms with Crippen molar-refractivity contribution in [2.45, 2.75) is 26.7 Å². The zero-order valence-electron chi connectivity index (χ0n) is 12.7. The zero-order valence-corrected chi connectivity index (χ0v) is 12.7. The molecule has 4 aromatic rings. The second kappa shape index (κ2) is 4.80. The summed E-state index contributed by atoms with van der Waals surface area (Å²) >= 11 is 0. The summed E-state index contributed by atoms with van der Waals surface area (Å²) in [7, 11) is 0. The first-order valence-corrected chi connectivity index (χ1v) is 7.74. The number of para-hydroxylation sites is 2. The Hall–Kier alpha value is -2.42. The predicted octanol–water partition coefficient (Wildman–Crippen LogP) is 4.90. The first-order valence-electron chi connectivity index (χ1n) is 7.74. The van der Waals surface area contributed by atoms with Crippen molar-refractivity contribution >= 4 is 27.5 Å². The van der Waals surface area contributed by atoms with Gasteiger partial charge in [0.15, 0.2) is 0 Å². The highest BCUT2D eigenvalue weighted by atomic mass is 19.1. The van der Waals surface area contributed by atoms with Crippen LogP contribution in [0.15, 0.2) is 42.5 Å². The molecule has 22 heavy (non-hydrogen) atoms. The van der Waals surface area contributed by atoms with Crippen molar-refractivity contribution in [1.29, 1.82) is 0 Å². The number of hydrogen-bond donors (Lipinski definition) is 0. The third-order valence-corrected chi connectivity index (χ3v) is 4.42. The molecular weight excluding hydrogens is 275 g/mol. The summed E-state index contributed by atoms with van der Waals surface area (Å²) in [6, 6.07) is 13.1. The van der Waals surface area contributed by atoms with Crippen molar-refractivity contribution in [3.8, 4) is 0 Å². The van der Waals surface area contributed by atoms with Crippen LogP contribution in [0.3, 0.4) is 0 Å². The lowest BCUT2D eigenvalue weighted by Crippen LogP contribution is -2.03. The molecule has 0 radical (unpaired) electrons. The number of aromatic nitrogens is 2. The fraction of sp³-hybridized carbons (Fsp3) is 0.211. The molecule has 2 nitrogen and oxygen atoms in total.